The molecule has 0 aromatic heterocycles. The van der Waals surface area contributed by atoms with Crippen LogP contribution >= 0.6 is 0 Å². The summed E-state index contributed by atoms with van der Waals surface area (Å²) in [4.78, 5) is 25.3. The Kier molecular flexibility index (Phi) is 6.91. The van der Waals surface area contributed by atoms with Gasteiger partial charge in [0.25, 0.3) is 5.91 Å². The van der Waals surface area contributed by atoms with Crippen LogP contribution in [0.4, 0.5) is 5.69 Å². The molecule has 0 heterocycles. The molecule has 0 radical (unpaired) electrons. The summed E-state index contributed by atoms with van der Waals surface area (Å²) in [5.74, 6) is 0.696. The number of carbonyl (C=O) groups is 2. The molecule has 0 aliphatic heterocycles. The maximum atomic E-state index is 12.8. The van der Waals surface area contributed by atoms with Crippen molar-refractivity contribution < 1.29 is 14.3 Å². The average molecular weight is 395 g/mol. The highest BCUT2D eigenvalue weighted by Gasteiger charge is 2.21. The summed E-state index contributed by atoms with van der Waals surface area (Å²) in [6.45, 7) is 3.94. The molecule has 2 aromatic carbocycles. The van der Waals surface area contributed by atoms with Crippen molar-refractivity contribution in [1.29, 1.82) is 0 Å². The van der Waals surface area contributed by atoms with Gasteiger partial charge in [-0.2, -0.15) is 0 Å². The average Bonchev–Trinajstić information content (AvgIpc) is 2.74. The Hall–Kier alpha value is -2.82. The van der Waals surface area contributed by atoms with Crippen LogP contribution in [0.15, 0.2) is 42.5 Å². The van der Waals surface area contributed by atoms with Gasteiger partial charge in [0.15, 0.2) is 0 Å². The molecule has 1 atom stereocenters. The number of methoxy groups -OCH3 is 1. The quantitative estimate of drug-likeness (QED) is 0.723. The Morgan fingerprint density at radius 2 is 1.83 bits per heavy atom. The lowest BCUT2D eigenvalue weighted by molar-refractivity contribution is -0.120. The molecule has 1 aliphatic carbocycles. The Morgan fingerprint density at radius 1 is 1.07 bits per heavy atom. The van der Waals surface area contributed by atoms with Crippen molar-refractivity contribution in [2.45, 2.75) is 52.0 Å². The molecular formula is C24H30N2O3. The SMILES string of the molecule is COc1ccc(C)cc1C(C)NC(=O)c1cccc(NC(=O)C2CCCCC2)c1. The van der Waals surface area contributed by atoms with Gasteiger partial charge in [0.1, 0.15) is 5.75 Å². The molecule has 0 bridgehead atoms. The van der Waals surface area contributed by atoms with Crippen molar-refractivity contribution in [2.75, 3.05) is 12.4 Å². The third-order valence-corrected chi connectivity index (χ3v) is 5.57. The van der Waals surface area contributed by atoms with Crippen LogP contribution in [-0.4, -0.2) is 18.9 Å². The lowest BCUT2D eigenvalue weighted by Crippen LogP contribution is -2.27. The number of benzene rings is 2. The van der Waals surface area contributed by atoms with E-state index in [9.17, 15) is 9.59 Å². The van der Waals surface area contributed by atoms with Crippen molar-refractivity contribution in [3.63, 3.8) is 0 Å². The minimum absolute atomic E-state index is 0.0557. The van der Waals surface area contributed by atoms with Gasteiger partial charge in [0.05, 0.1) is 13.2 Å². The lowest BCUT2D eigenvalue weighted by Gasteiger charge is -2.21. The summed E-state index contributed by atoms with van der Waals surface area (Å²) in [5, 5.41) is 6.01. The van der Waals surface area contributed by atoms with Gasteiger partial charge in [0, 0.05) is 22.7 Å². The van der Waals surface area contributed by atoms with Gasteiger partial charge >= 0.3 is 0 Å². The number of amides is 2. The number of hydrogen-bond acceptors (Lipinski definition) is 3. The number of hydrogen-bond donors (Lipinski definition) is 2. The van der Waals surface area contributed by atoms with E-state index in [1.54, 1.807) is 25.3 Å². The normalized spacial score (nSPS) is 15.4. The fourth-order valence-corrected chi connectivity index (χ4v) is 3.90. The zero-order valence-electron chi connectivity index (χ0n) is 17.5. The number of aryl methyl sites for hydroxylation is 1. The summed E-state index contributed by atoms with van der Waals surface area (Å²) in [7, 11) is 1.63. The first-order chi connectivity index (χ1) is 14.0. The number of rotatable bonds is 6. The van der Waals surface area contributed by atoms with E-state index in [0.29, 0.717) is 11.3 Å². The number of anilines is 1. The molecule has 2 amide bonds. The summed E-state index contributed by atoms with van der Waals surface area (Å²) < 4.78 is 5.43. The number of ether oxygens (including phenoxy) is 1. The van der Waals surface area contributed by atoms with E-state index in [2.05, 4.69) is 10.6 Å². The predicted octanol–water partition coefficient (Wildman–Crippen LogP) is 5.01. The van der Waals surface area contributed by atoms with Crippen LogP contribution in [0, 0.1) is 12.8 Å². The predicted molar refractivity (Wildman–Crippen MR) is 115 cm³/mol. The monoisotopic (exact) mass is 394 g/mol. The van der Waals surface area contributed by atoms with E-state index in [1.165, 1.54) is 6.42 Å². The van der Waals surface area contributed by atoms with E-state index >= 15 is 0 Å². The molecule has 0 spiro atoms. The second-order valence-electron chi connectivity index (χ2n) is 7.85. The van der Waals surface area contributed by atoms with Gasteiger partial charge in [-0.05, 0) is 51.0 Å². The largest absolute Gasteiger partial charge is 0.496 e. The molecule has 1 aliphatic rings. The smallest absolute Gasteiger partial charge is 0.251 e. The fourth-order valence-electron chi connectivity index (χ4n) is 3.90. The fraction of sp³-hybridized carbons (Fsp3) is 0.417. The van der Waals surface area contributed by atoms with Crippen molar-refractivity contribution in [1.82, 2.24) is 5.32 Å². The van der Waals surface area contributed by atoms with E-state index in [1.807, 2.05) is 38.1 Å². The highest BCUT2D eigenvalue weighted by Crippen LogP contribution is 2.27. The molecule has 154 valence electrons. The molecule has 2 N–H and O–H groups in total. The molecule has 1 fully saturated rings. The first kappa shape index (κ1) is 20.9. The first-order valence-corrected chi connectivity index (χ1v) is 10.3. The molecule has 5 nitrogen and oxygen atoms in total. The van der Waals surface area contributed by atoms with Crippen LogP contribution in [0.2, 0.25) is 0 Å². The molecule has 1 unspecified atom stereocenters. The molecule has 5 heteroatoms. The highest BCUT2D eigenvalue weighted by atomic mass is 16.5. The van der Waals surface area contributed by atoms with Crippen LogP contribution < -0.4 is 15.4 Å². The molecule has 2 aromatic rings. The number of nitrogens with one attached hydrogen (secondary N) is 2. The minimum Gasteiger partial charge on any atom is -0.496 e. The van der Waals surface area contributed by atoms with Crippen molar-refractivity contribution in [3.05, 3.63) is 59.2 Å². The third kappa shape index (κ3) is 5.37. The molecule has 1 saturated carbocycles. The summed E-state index contributed by atoms with van der Waals surface area (Å²) in [5.41, 5.74) is 3.22. The minimum atomic E-state index is -0.210. The molecular weight excluding hydrogens is 364 g/mol. The van der Waals surface area contributed by atoms with Gasteiger partial charge in [-0.15, -0.1) is 0 Å². The van der Waals surface area contributed by atoms with Gasteiger partial charge in [-0.3, -0.25) is 9.59 Å². The van der Waals surface area contributed by atoms with Crippen molar-refractivity contribution >= 4 is 17.5 Å². The van der Waals surface area contributed by atoms with Crippen LogP contribution in [0.5, 0.6) is 5.75 Å². The van der Waals surface area contributed by atoms with Crippen LogP contribution in [0.1, 0.15) is 66.6 Å². The molecule has 3 rings (SSSR count). The van der Waals surface area contributed by atoms with Crippen molar-refractivity contribution in [3.8, 4) is 5.75 Å². The number of carbonyl (C=O) groups excluding carboxylic acids is 2. The maximum absolute atomic E-state index is 12.8. The van der Waals surface area contributed by atoms with Gasteiger partial charge in [-0.25, -0.2) is 0 Å². The van der Waals surface area contributed by atoms with Gasteiger partial charge in [0.2, 0.25) is 5.91 Å². The second kappa shape index (κ2) is 9.59. The Morgan fingerprint density at radius 3 is 2.55 bits per heavy atom. The van der Waals surface area contributed by atoms with Crippen LogP contribution in [0.3, 0.4) is 0 Å². The second-order valence-corrected chi connectivity index (χ2v) is 7.85. The topological polar surface area (TPSA) is 67.4 Å². The zero-order chi connectivity index (χ0) is 20.8. The third-order valence-electron chi connectivity index (χ3n) is 5.57. The van der Waals surface area contributed by atoms with Crippen LogP contribution in [-0.2, 0) is 4.79 Å². The Labute approximate surface area is 172 Å². The van der Waals surface area contributed by atoms with Gasteiger partial charge < -0.3 is 15.4 Å². The van der Waals surface area contributed by atoms with E-state index in [-0.39, 0.29) is 23.8 Å². The summed E-state index contributed by atoms with van der Waals surface area (Å²) in [6, 6.07) is 12.8. The summed E-state index contributed by atoms with van der Waals surface area (Å²) in [6.07, 6.45) is 5.33. The van der Waals surface area contributed by atoms with Crippen molar-refractivity contribution in [2.24, 2.45) is 5.92 Å². The maximum Gasteiger partial charge on any atom is 0.251 e. The van der Waals surface area contributed by atoms with E-state index in [0.717, 1.165) is 42.6 Å². The lowest BCUT2D eigenvalue weighted by atomic mass is 9.88. The van der Waals surface area contributed by atoms with Crippen LogP contribution in [0.25, 0.3) is 0 Å². The zero-order valence-corrected chi connectivity index (χ0v) is 17.5. The Bertz CT molecular complexity index is 872. The van der Waals surface area contributed by atoms with E-state index < -0.39 is 0 Å². The standard InChI is InChI=1S/C24H30N2O3/c1-16-12-13-22(29-3)21(14-16)17(2)25-24(28)19-10-7-11-20(15-19)26-23(27)18-8-5-4-6-9-18/h7,10-15,17-18H,4-6,8-9H2,1-3H3,(H,25,28)(H,26,27). The summed E-state index contributed by atoms with van der Waals surface area (Å²) >= 11 is 0. The molecule has 0 saturated heterocycles. The van der Waals surface area contributed by atoms with E-state index in [4.69, 9.17) is 4.74 Å². The first-order valence-electron chi connectivity index (χ1n) is 10.3. The molecule has 29 heavy (non-hydrogen) atoms. The Balaban J connectivity index is 1.67. The highest BCUT2D eigenvalue weighted by molar-refractivity contribution is 5.97. The van der Waals surface area contributed by atoms with Gasteiger partial charge in [-0.1, -0.05) is 43.0 Å².